The van der Waals surface area contributed by atoms with Gasteiger partial charge >= 0.3 is 0 Å². The second-order valence-electron chi connectivity index (χ2n) is 6.25. The monoisotopic (exact) mass is 295 g/mol. The third-order valence-corrected chi connectivity index (χ3v) is 4.77. The minimum atomic E-state index is -0.898. The summed E-state index contributed by atoms with van der Waals surface area (Å²) < 4.78 is 0. The van der Waals surface area contributed by atoms with Crippen molar-refractivity contribution in [3.05, 3.63) is 47.5 Å². The number of piperidine rings is 3. The van der Waals surface area contributed by atoms with Crippen LogP contribution in [0.2, 0.25) is 0 Å². The van der Waals surface area contributed by atoms with Crippen LogP contribution in [0.4, 0.5) is 0 Å². The van der Waals surface area contributed by atoms with Gasteiger partial charge in [0.15, 0.2) is 0 Å². The van der Waals surface area contributed by atoms with E-state index in [1.807, 2.05) is 12.1 Å². The van der Waals surface area contributed by atoms with Gasteiger partial charge in [0.25, 0.3) is 0 Å². The summed E-state index contributed by atoms with van der Waals surface area (Å²) in [7, 11) is 0. The maximum Gasteiger partial charge on any atom is 0.150 e. The Morgan fingerprint density at radius 1 is 1.41 bits per heavy atom. The van der Waals surface area contributed by atoms with Crippen LogP contribution in [0.5, 0.6) is 0 Å². The molecule has 0 amide bonds. The minimum absolute atomic E-state index is 0.280. The quantitative estimate of drug-likeness (QED) is 0.527. The van der Waals surface area contributed by atoms with E-state index in [1.165, 1.54) is 0 Å². The third kappa shape index (κ3) is 2.85. The molecule has 1 aromatic rings. The summed E-state index contributed by atoms with van der Waals surface area (Å²) in [5, 5.41) is 10.9. The van der Waals surface area contributed by atoms with Gasteiger partial charge in [-0.25, -0.2) is 0 Å². The van der Waals surface area contributed by atoms with Crippen molar-refractivity contribution in [3.63, 3.8) is 0 Å². The first-order chi connectivity index (χ1) is 10.6. The van der Waals surface area contributed by atoms with E-state index in [2.05, 4.69) is 23.3 Å². The molecule has 114 valence electrons. The fourth-order valence-corrected chi connectivity index (χ4v) is 3.49. The van der Waals surface area contributed by atoms with Gasteiger partial charge in [0.2, 0.25) is 0 Å². The van der Waals surface area contributed by atoms with Gasteiger partial charge in [-0.1, -0.05) is 24.0 Å². The zero-order valence-corrected chi connectivity index (χ0v) is 12.7. The molecule has 4 rings (SSSR count). The molecule has 1 atom stereocenters. The Hall–Kier alpha value is -1.89. The number of carbonyl (C=O) groups excluding carboxylic acids is 1. The second-order valence-corrected chi connectivity index (χ2v) is 6.25. The molecule has 1 unspecified atom stereocenters. The van der Waals surface area contributed by atoms with Crippen molar-refractivity contribution in [1.82, 2.24) is 4.90 Å². The van der Waals surface area contributed by atoms with Crippen molar-refractivity contribution in [1.29, 1.82) is 0 Å². The second kappa shape index (κ2) is 6.08. The molecule has 1 N–H and O–H groups in total. The number of fused-ring (bicyclic) bond motifs is 3. The molecule has 3 fully saturated rings. The zero-order valence-electron chi connectivity index (χ0n) is 12.7. The van der Waals surface area contributed by atoms with Crippen molar-refractivity contribution >= 4 is 6.29 Å². The van der Waals surface area contributed by atoms with Crippen molar-refractivity contribution < 1.29 is 9.90 Å². The molecule has 0 aliphatic carbocycles. The molecule has 2 bridgehead atoms. The van der Waals surface area contributed by atoms with Gasteiger partial charge in [-0.3, -0.25) is 9.69 Å². The number of carbonyl (C=O) groups is 1. The highest BCUT2D eigenvalue weighted by Crippen LogP contribution is 2.35. The van der Waals surface area contributed by atoms with Crippen LogP contribution in [-0.4, -0.2) is 41.5 Å². The maximum atomic E-state index is 10.9. The summed E-state index contributed by atoms with van der Waals surface area (Å²) in [5.74, 6) is 6.56. The Labute approximate surface area is 131 Å². The molecule has 3 aliphatic heterocycles. The van der Waals surface area contributed by atoms with Crippen molar-refractivity contribution in [3.8, 4) is 11.8 Å². The van der Waals surface area contributed by atoms with Crippen molar-refractivity contribution in [2.75, 3.05) is 19.6 Å². The number of nitrogens with zero attached hydrogens (tertiary/aromatic N) is 1. The zero-order chi connectivity index (χ0) is 15.6. The van der Waals surface area contributed by atoms with Gasteiger partial charge in [-0.05, 0) is 50.0 Å². The molecule has 3 heterocycles. The molecular weight excluding hydrogens is 274 g/mol. The molecule has 3 aliphatic rings. The van der Waals surface area contributed by atoms with Crippen LogP contribution >= 0.6 is 0 Å². The SMILES string of the molecule is C=CCc1cc(C=O)ccc1C#CC1(O)CN2CCC1CC2. The average molecular weight is 295 g/mol. The van der Waals surface area contributed by atoms with Gasteiger partial charge in [0, 0.05) is 23.6 Å². The predicted molar refractivity (Wildman–Crippen MR) is 86.7 cm³/mol. The van der Waals surface area contributed by atoms with Gasteiger partial charge in [-0.15, -0.1) is 6.58 Å². The van der Waals surface area contributed by atoms with Crippen LogP contribution in [-0.2, 0) is 6.42 Å². The first-order valence-electron chi connectivity index (χ1n) is 7.81. The highest BCUT2D eigenvalue weighted by atomic mass is 16.3. The van der Waals surface area contributed by atoms with E-state index in [-0.39, 0.29) is 5.92 Å². The molecule has 1 aromatic carbocycles. The largest absolute Gasteiger partial charge is 0.376 e. The molecule has 0 saturated carbocycles. The number of aliphatic hydroxyl groups is 1. The van der Waals surface area contributed by atoms with Crippen LogP contribution in [0, 0.1) is 17.8 Å². The Bertz CT molecular complexity index is 647. The summed E-state index contributed by atoms with van der Waals surface area (Å²) in [4.78, 5) is 13.2. The first-order valence-corrected chi connectivity index (χ1v) is 7.81. The van der Waals surface area contributed by atoms with E-state index in [9.17, 15) is 9.90 Å². The molecule has 0 aromatic heterocycles. The van der Waals surface area contributed by atoms with Gasteiger partial charge in [0.05, 0.1) is 0 Å². The molecule has 0 spiro atoms. The van der Waals surface area contributed by atoms with Crippen LogP contribution < -0.4 is 0 Å². The van der Waals surface area contributed by atoms with Crippen LogP contribution in [0.1, 0.15) is 34.3 Å². The summed E-state index contributed by atoms with van der Waals surface area (Å²) >= 11 is 0. The summed E-state index contributed by atoms with van der Waals surface area (Å²) in [5.41, 5.74) is 1.60. The number of rotatable bonds is 3. The van der Waals surface area contributed by atoms with E-state index in [0.29, 0.717) is 18.5 Å². The van der Waals surface area contributed by atoms with E-state index in [4.69, 9.17) is 0 Å². The topological polar surface area (TPSA) is 40.5 Å². The Kier molecular flexibility index (Phi) is 4.15. The lowest BCUT2D eigenvalue weighted by Gasteiger charge is -2.47. The predicted octanol–water partition coefficient (Wildman–Crippen LogP) is 2.04. The van der Waals surface area contributed by atoms with Crippen LogP contribution in [0.3, 0.4) is 0 Å². The molecule has 3 heteroatoms. The van der Waals surface area contributed by atoms with Gasteiger partial charge in [0.1, 0.15) is 11.9 Å². The molecule has 3 saturated heterocycles. The fourth-order valence-electron chi connectivity index (χ4n) is 3.49. The third-order valence-electron chi connectivity index (χ3n) is 4.77. The van der Waals surface area contributed by atoms with Crippen LogP contribution in [0.15, 0.2) is 30.9 Å². The average Bonchev–Trinajstić information content (AvgIpc) is 2.55. The molecular formula is C19H21NO2. The van der Waals surface area contributed by atoms with E-state index in [0.717, 1.165) is 43.3 Å². The summed E-state index contributed by atoms with van der Waals surface area (Å²) in [6.45, 7) is 6.55. The lowest BCUT2D eigenvalue weighted by atomic mass is 9.75. The van der Waals surface area contributed by atoms with Crippen molar-refractivity contribution in [2.45, 2.75) is 24.9 Å². The summed E-state index contributed by atoms with van der Waals surface area (Å²) in [6.07, 6.45) is 5.35. The fraction of sp³-hybridized carbons (Fsp3) is 0.421. The highest BCUT2D eigenvalue weighted by Gasteiger charge is 2.44. The Morgan fingerprint density at radius 3 is 2.77 bits per heavy atom. The Balaban J connectivity index is 1.90. The lowest BCUT2D eigenvalue weighted by Crippen LogP contribution is -2.58. The van der Waals surface area contributed by atoms with E-state index >= 15 is 0 Å². The highest BCUT2D eigenvalue weighted by molar-refractivity contribution is 5.75. The Morgan fingerprint density at radius 2 is 2.18 bits per heavy atom. The van der Waals surface area contributed by atoms with Gasteiger partial charge < -0.3 is 5.11 Å². The molecule has 3 nitrogen and oxygen atoms in total. The van der Waals surface area contributed by atoms with E-state index in [1.54, 1.807) is 12.1 Å². The number of allylic oxidation sites excluding steroid dienone is 1. The molecule has 22 heavy (non-hydrogen) atoms. The molecule has 0 radical (unpaired) electrons. The summed E-state index contributed by atoms with van der Waals surface area (Å²) in [6, 6.07) is 5.48. The number of benzene rings is 1. The standard InChI is InChI=1S/C19H21NO2/c1-2-3-17-12-15(13-21)4-5-16(17)6-9-19(22)14-20-10-7-18(19)8-11-20/h2,4-5,12-13,18,22H,1,3,7-8,10-11,14H2. The first kappa shape index (κ1) is 15.0. The lowest BCUT2D eigenvalue weighted by molar-refractivity contribution is -0.0713. The number of aldehydes is 1. The van der Waals surface area contributed by atoms with Crippen molar-refractivity contribution in [2.24, 2.45) is 5.92 Å². The maximum absolute atomic E-state index is 10.9. The number of hydrogen-bond acceptors (Lipinski definition) is 3. The smallest absolute Gasteiger partial charge is 0.150 e. The minimum Gasteiger partial charge on any atom is -0.376 e. The number of hydrogen-bond donors (Lipinski definition) is 1. The van der Waals surface area contributed by atoms with E-state index < -0.39 is 5.60 Å². The normalized spacial score (nSPS) is 29.5. The van der Waals surface area contributed by atoms with Crippen LogP contribution in [0.25, 0.3) is 0 Å². The van der Waals surface area contributed by atoms with Gasteiger partial charge in [-0.2, -0.15) is 0 Å².